The molecule has 0 spiro atoms. The lowest BCUT2D eigenvalue weighted by atomic mass is 9.76. The Morgan fingerprint density at radius 3 is 2.30 bits per heavy atom. The Morgan fingerprint density at radius 2 is 1.60 bits per heavy atom. The van der Waals surface area contributed by atoms with Crippen molar-refractivity contribution in [3.05, 3.63) is 71.8 Å². The maximum absolute atomic E-state index is 13.1. The first kappa shape index (κ1) is 20.6. The summed E-state index contributed by atoms with van der Waals surface area (Å²) in [5, 5.41) is 0. The van der Waals surface area contributed by atoms with Gasteiger partial charge in [0.25, 0.3) is 5.91 Å². The maximum Gasteiger partial charge on any atom is 0.253 e. The maximum atomic E-state index is 13.1. The normalized spacial score (nSPS) is 22.9. The van der Waals surface area contributed by atoms with Crippen LogP contribution < -0.4 is 0 Å². The molecule has 2 aliphatic rings. The van der Waals surface area contributed by atoms with Gasteiger partial charge in [0.05, 0.1) is 0 Å². The van der Waals surface area contributed by atoms with E-state index in [1.807, 2.05) is 53.1 Å². The van der Waals surface area contributed by atoms with Crippen molar-refractivity contribution in [2.45, 2.75) is 19.8 Å². The molecule has 0 unspecified atom stereocenters. The summed E-state index contributed by atoms with van der Waals surface area (Å²) >= 11 is 0. The molecule has 30 heavy (non-hydrogen) atoms. The number of carbonyl (C=O) groups is 2. The summed E-state index contributed by atoms with van der Waals surface area (Å²) < 4.78 is 5.35. The fourth-order valence-corrected chi connectivity index (χ4v) is 4.96. The van der Waals surface area contributed by atoms with Crippen LogP contribution in [0.2, 0.25) is 0 Å². The zero-order valence-electron chi connectivity index (χ0n) is 17.6. The quantitative estimate of drug-likeness (QED) is 0.709. The highest BCUT2D eigenvalue weighted by atomic mass is 16.5. The number of hydrogen-bond donors (Lipinski definition) is 0. The van der Waals surface area contributed by atoms with Crippen molar-refractivity contribution in [1.82, 2.24) is 9.80 Å². The number of benzene rings is 2. The summed E-state index contributed by atoms with van der Waals surface area (Å²) in [5.74, 6) is 0.460. The molecule has 5 nitrogen and oxygen atoms in total. The van der Waals surface area contributed by atoms with Crippen LogP contribution in [0.4, 0.5) is 0 Å². The van der Waals surface area contributed by atoms with Crippen molar-refractivity contribution in [3.8, 4) is 0 Å². The fraction of sp³-hybridized carbons (Fsp3) is 0.440. The first-order valence-electron chi connectivity index (χ1n) is 10.8. The second-order valence-corrected chi connectivity index (χ2v) is 8.51. The topological polar surface area (TPSA) is 49.9 Å². The summed E-state index contributed by atoms with van der Waals surface area (Å²) in [4.78, 5) is 29.6. The van der Waals surface area contributed by atoms with E-state index in [-0.39, 0.29) is 23.8 Å². The molecule has 0 aromatic heterocycles. The van der Waals surface area contributed by atoms with E-state index >= 15 is 0 Å². The van der Waals surface area contributed by atoms with Gasteiger partial charge in [0, 0.05) is 49.7 Å². The molecule has 2 aromatic carbocycles. The molecule has 0 saturated carbocycles. The molecule has 2 atom stereocenters. The van der Waals surface area contributed by atoms with Gasteiger partial charge in [0.1, 0.15) is 6.61 Å². The van der Waals surface area contributed by atoms with Crippen LogP contribution in [0, 0.1) is 11.3 Å². The third-order valence-corrected chi connectivity index (χ3v) is 6.60. The average molecular weight is 407 g/mol. The number of nitrogens with zero attached hydrogens (tertiary/aromatic N) is 2. The highest BCUT2D eigenvalue weighted by Gasteiger charge is 2.53. The van der Waals surface area contributed by atoms with Crippen molar-refractivity contribution in [2.24, 2.45) is 11.3 Å². The van der Waals surface area contributed by atoms with Crippen LogP contribution in [-0.2, 0) is 16.0 Å². The van der Waals surface area contributed by atoms with Gasteiger partial charge in [0.2, 0.25) is 5.91 Å². The minimum absolute atomic E-state index is 0.0534. The molecule has 2 saturated heterocycles. The monoisotopic (exact) mass is 406 g/mol. The molecule has 0 radical (unpaired) electrons. The molecule has 2 amide bonds. The molecule has 0 bridgehead atoms. The number of rotatable bonds is 7. The average Bonchev–Trinajstić information content (AvgIpc) is 3.31. The van der Waals surface area contributed by atoms with Gasteiger partial charge in [-0.05, 0) is 37.5 Å². The second kappa shape index (κ2) is 9.00. The van der Waals surface area contributed by atoms with Gasteiger partial charge in [-0.2, -0.15) is 0 Å². The lowest BCUT2D eigenvalue weighted by Crippen LogP contribution is -2.40. The zero-order chi connectivity index (χ0) is 21.0. The second-order valence-electron chi connectivity index (χ2n) is 8.51. The first-order chi connectivity index (χ1) is 14.6. The lowest BCUT2D eigenvalue weighted by Gasteiger charge is -2.29. The number of hydrogen-bond acceptors (Lipinski definition) is 3. The van der Waals surface area contributed by atoms with Crippen molar-refractivity contribution in [1.29, 1.82) is 0 Å². The summed E-state index contributed by atoms with van der Waals surface area (Å²) in [6.07, 6.45) is 1.93. The predicted molar refractivity (Wildman–Crippen MR) is 116 cm³/mol. The fourth-order valence-electron chi connectivity index (χ4n) is 4.96. The van der Waals surface area contributed by atoms with Crippen LogP contribution in [-0.4, -0.2) is 61.0 Å². The smallest absolute Gasteiger partial charge is 0.253 e. The van der Waals surface area contributed by atoms with Gasteiger partial charge in [-0.15, -0.1) is 0 Å². The molecule has 2 aromatic rings. The summed E-state index contributed by atoms with van der Waals surface area (Å²) in [5.41, 5.74) is 1.99. The van der Waals surface area contributed by atoms with E-state index < -0.39 is 0 Å². The van der Waals surface area contributed by atoms with E-state index in [1.165, 1.54) is 5.56 Å². The van der Waals surface area contributed by atoms with E-state index in [2.05, 4.69) is 24.3 Å². The Kier molecular flexibility index (Phi) is 6.18. The van der Waals surface area contributed by atoms with E-state index in [0.29, 0.717) is 38.7 Å². The number of ether oxygens (including phenoxy) is 1. The SMILES string of the molecule is CCOCC(=O)N1C[C@@H]2CN(C(=O)c3ccccc3)C[C@]2(CCc2ccccc2)C1. The molecule has 2 aliphatic heterocycles. The van der Waals surface area contributed by atoms with Crippen LogP contribution in [0.25, 0.3) is 0 Å². The van der Waals surface area contributed by atoms with Crippen LogP contribution >= 0.6 is 0 Å². The van der Waals surface area contributed by atoms with Gasteiger partial charge < -0.3 is 14.5 Å². The van der Waals surface area contributed by atoms with Gasteiger partial charge in [0.15, 0.2) is 0 Å². The molecule has 2 heterocycles. The Bertz CT molecular complexity index is 870. The van der Waals surface area contributed by atoms with Crippen molar-refractivity contribution in [3.63, 3.8) is 0 Å². The van der Waals surface area contributed by atoms with Crippen LogP contribution in [0.1, 0.15) is 29.3 Å². The molecule has 0 aliphatic carbocycles. The third kappa shape index (κ3) is 4.26. The number of likely N-dealkylation sites (tertiary alicyclic amines) is 2. The Hall–Kier alpha value is -2.66. The Labute approximate surface area is 178 Å². The Morgan fingerprint density at radius 1 is 0.967 bits per heavy atom. The summed E-state index contributed by atoms with van der Waals surface area (Å²) in [7, 11) is 0. The lowest BCUT2D eigenvalue weighted by molar-refractivity contribution is -0.135. The number of fused-ring (bicyclic) bond motifs is 1. The predicted octanol–water partition coefficient (Wildman–Crippen LogP) is 3.26. The minimum Gasteiger partial charge on any atom is -0.372 e. The van der Waals surface area contributed by atoms with Crippen molar-refractivity contribution in [2.75, 3.05) is 39.4 Å². The molecule has 2 fully saturated rings. The zero-order valence-corrected chi connectivity index (χ0v) is 17.6. The van der Waals surface area contributed by atoms with E-state index in [4.69, 9.17) is 4.74 Å². The molecular weight excluding hydrogens is 376 g/mol. The number of aryl methyl sites for hydroxylation is 1. The van der Waals surface area contributed by atoms with Crippen molar-refractivity contribution < 1.29 is 14.3 Å². The van der Waals surface area contributed by atoms with E-state index in [0.717, 1.165) is 18.4 Å². The Balaban J connectivity index is 1.51. The molecule has 4 rings (SSSR count). The number of carbonyl (C=O) groups excluding carboxylic acids is 2. The van der Waals surface area contributed by atoms with Gasteiger partial charge in [-0.3, -0.25) is 9.59 Å². The van der Waals surface area contributed by atoms with Gasteiger partial charge in [-0.1, -0.05) is 48.5 Å². The van der Waals surface area contributed by atoms with Crippen molar-refractivity contribution >= 4 is 11.8 Å². The van der Waals surface area contributed by atoms with Crippen LogP contribution in [0.5, 0.6) is 0 Å². The number of amides is 2. The molecule has 158 valence electrons. The minimum atomic E-state index is -0.0534. The summed E-state index contributed by atoms with van der Waals surface area (Å²) in [6.45, 7) is 5.42. The summed E-state index contributed by atoms with van der Waals surface area (Å²) in [6, 6.07) is 20.0. The first-order valence-corrected chi connectivity index (χ1v) is 10.8. The largest absolute Gasteiger partial charge is 0.372 e. The molecule has 0 N–H and O–H groups in total. The van der Waals surface area contributed by atoms with Gasteiger partial charge >= 0.3 is 0 Å². The van der Waals surface area contributed by atoms with Gasteiger partial charge in [-0.25, -0.2) is 0 Å². The highest BCUT2D eigenvalue weighted by Crippen LogP contribution is 2.46. The molecule has 5 heteroatoms. The van der Waals surface area contributed by atoms with E-state index in [1.54, 1.807) is 0 Å². The van der Waals surface area contributed by atoms with E-state index in [9.17, 15) is 9.59 Å². The molecular formula is C25H30N2O3. The highest BCUT2D eigenvalue weighted by molar-refractivity contribution is 5.94. The van der Waals surface area contributed by atoms with Crippen LogP contribution in [0.3, 0.4) is 0 Å². The standard InChI is InChI=1S/C25H30N2O3/c1-2-30-17-23(28)26-15-22-16-27(24(29)21-11-7-4-8-12-21)19-25(22,18-26)14-13-20-9-5-3-6-10-20/h3-12,22H,2,13-19H2,1H3/t22-,25+/m1/s1. The van der Waals surface area contributed by atoms with Crippen LogP contribution in [0.15, 0.2) is 60.7 Å². The third-order valence-electron chi connectivity index (χ3n) is 6.60.